The Kier molecular flexibility index (Phi) is 4.31. The van der Waals surface area contributed by atoms with Crippen LogP contribution in [0.2, 0.25) is 0 Å². The number of rotatable bonds is 3. The van der Waals surface area contributed by atoms with E-state index in [9.17, 15) is 9.59 Å². The molecular weight excluding hydrogens is 328 g/mol. The minimum Gasteiger partial charge on any atom is -0.369 e. The lowest BCUT2D eigenvalue weighted by Crippen LogP contribution is -2.28. The van der Waals surface area contributed by atoms with Crippen molar-refractivity contribution >= 4 is 34.4 Å². The van der Waals surface area contributed by atoms with Gasteiger partial charge < -0.3 is 20.9 Å². The molecule has 0 aliphatic carbocycles. The fraction of sp³-hybridized carbons (Fsp3) is 0.200. The fourth-order valence-corrected chi connectivity index (χ4v) is 3.23. The van der Waals surface area contributed by atoms with Gasteiger partial charge >= 0.3 is 0 Å². The van der Waals surface area contributed by atoms with E-state index in [1.54, 1.807) is 6.20 Å². The Bertz CT molecular complexity index is 874. The quantitative estimate of drug-likeness (QED) is 0.745. The van der Waals surface area contributed by atoms with Crippen LogP contribution in [0.1, 0.15) is 12.0 Å². The first kappa shape index (κ1) is 16.2. The van der Waals surface area contributed by atoms with Gasteiger partial charge in [0.15, 0.2) is 0 Å². The number of amides is 2. The number of anilines is 3. The number of hydrogen-bond donors (Lipinski definition) is 3. The predicted molar refractivity (Wildman–Crippen MR) is 103 cm³/mol. The minimum atomic E-state index is -0.0999. The van der Waals surface area contributed by atoms with Crippen molar-refractivity contribution < 1.29 is 9.59 Å². The van der Waals surface area contributed by atoms with Crippen molar-refractivity contribution in [1.82, 2.24) is 5.32 Å². The second-order valence-electron chi connectivity index (χ2n) is 6.34. The van der Waals surface area contributed by atoms with Gasteiger partial charge in [-0.3, -0.25) is 9.59 Å². The Hall–Kier alpha value is -3.28. The van der Waals surface area contributed by atoms with Crippen LogP contribution in [-0.2, 0) is 9.59 Å². The van der Waals surface area contributed by atoms with Crippen molar-refractivity contribution in [2.75, 3.05) is 35.2 Å². The average molecular weight is 348 g/mol. The van der Waals surface area contributed by atoms with E-state index in [1.165, 1.54) is 0 Å². The maximum absolute atomic E-state index is 12.1. The van der Waals surface area contributed by atoms with Crippen LogP contribution < -0.4 is 20.9 Å². The largest absolute Gasteiger partial charge is 0.369 e. The molecule has 2 aromatic carbocycles. The molecule has 0 spiro atoms. The van der Waals surface area contributed by atoms with E-state index in [-0.39, 0.29) is 11.8 Å². The summed E-state index contributed by atoms with van der Waals surface area (Å²) >= 11 is 0. The smallest absolute Gasteiger partial charge is 0.257 e. The van der Waals surface area contributed by atoms with Crippen LogP contribution in [0.5, 0.6) is 0 Å². The first-order chi connectivity index (χ1) is 12.7. The summed E-state index contributed by atoms with van der Waals surface area (Å²) in [5, 5.41) is 8.94. The maximum atomic E-state index is 12.1. The third-order valence-electron chi connectivity index (χ3n) is 4.64. The molecule has 2 aliphatic heterocycles. The van der Waals surface area contributed by atoms with Gasteiger partial charge in [0, 0.05) is 54.9 Å². The SMILES string of the molecule is O=C1CCN(c2ccc(NC=C3C(=O)Nc4ccccc43)cc2)CCN1. The Morgan fingerprint density at radius 1 is 1.00 bits per heavy atom. The molecule has 6 nitrogen and oxygen atoms in total. The van der Waals surface area contributed by atoms with Crippen molar-refractivity contribution in [2.45, 2.75) is 6.42 Å². The molecule has 0 unspecified atom stereocenters. The molecule has 132 valence electrons. The molecule has 1 fully saturated rings. The van der Waals surface area contributed by atoms with Crippen LogP contribution in [0.3, 0.4) is 0 Å². The zero-order valence-corrected chi connectivity index (χ0v) is 14.3. The van der Waals surface area contributed by atoms with Crippen LogP contribution >= 0.6 is 0 Å². The van der Waals surface area contributed by atoms with E-state index in [2.05, 4.69) is 20.9 Å². The number of para-hydroxylation sites is 1. The van der Waals surface area contributed by atoms with Gasteiger partial charge in [-0.1, -0.05) is 18.2 Å². The van der Waals surface area contributed by atoms with Gasteiger partial charge in [-0.25, -0.2) is 0 Å². The molecule has 0 bridgehead atoms. The third kappa shape index (κ3) is 3.26. The van der Waals surface area contributed by atoms with E-state index < -0.39 is 0 Å². The molecular formula is C20H20N4O2. The first-order valence-electron chi connectivity index (χ1n) is 8.70. The van der Waals surface area contributed by atoms with Gasteiger partial charge in [-0.15, -0.1) is 0 Å². The van der Waals surface area contributed by atoms with Gasteiger partial charge in [0.1, 0.15) is 0 Å². The number of carbonyl (C=O) groups is 2. The second kappa shape index (κ2) is 6.92. The van der Waals surface area contributed by atoms with Gasteiger partial charge in [-0.05, 0) is 30.3 Å². The molecule has 2 aliphatic rings. The normalized spacial score (nSPS) is 18.2. The molecule has 2 heterocycles. The number of carbonyl (C=O) groups excluding carboxylic acids is 2. The molecule has 0 radical (unpaired) electrons. The van der Waals surface area contributed by atoms with Crippen molar-refractivity contribution in [3.05, 3.63) is 60.3 Å². The summed E-state index contributed by atoms with van der Waals surface area (Å²) in [6.07, 6.45) is 2.26. The molecule has 26 heavy (non-hydrogen) atoms. The Balaban J connectivity index is 1.46. The number of hydrogen-bond acceptors (Lipinski definition) is 4. The summed E-state index contributed by atoms with van der Waals surface area (Å²) < 4.78 is 0. The molecule has 1 saturated heterocycles. The number of fused-ring (bicyclic) bond motifs is 1. The number of benzene rings is 2. The lowest BCUT2D eigenvalue weighted by atomic mass is 10.1. The zero-order valence-electron chi connectivity index (χ0n) is 14.3. The van der Waals surface area contributed by atoms with Crippen molar-refractivity contribution in [2.24, 2.45) is 0 Å². The van der Waals surface area contributed by atoms with Crippen LogP contribution in [0.15, 0.2) is 54.7 Å². The predicted octanol–water partition coefficient (Wildman–Crippen LogP) is 2.42. The van der Waals surface area contributed by atoms with Gasteiger partial charge in [0.25, 0.3) is 5.91 Å². The van der Waals surface area contributed by atoms with Crippen molar-refractivity contribution in [1.29, 1.82) is 0 Å². The molecule has 2 amide bonds. The van der Waals surface area contributed by atoms with E-state index in [4.69, 9.17) is 0 Å². The standard InChI is InChI=1S/C20H20N4O2/c25-19-9-11-24(12-10-21-19)15-7-5-14(6-8-15)22-13-17-16-3-1-2-4-18(16)23-20(17)26/h1-8,13,22H,9-12H2,(H,21,25)(H,23,26). The summed E-state index contributed by atoms with van der Waals surface area (Å²) in [6, 6.07) is 15.7. The maximum Gasteiger partial charge on any atom is 0.257 e. The molecule has 6 heteroatoms. The zero-order chi connectivity index (χ0) is 17.9. The van der Waals surface area contributed by atoms with E-state index in [0.717, 1.165) is 35.7 Å². The summed E-state index contributed by atoms with van der Waals surface area (Å²) in [4.78, 5) is 25.8. The summed E-state index contributed by atoms with van der Waals surface area (Å²) in [5.41, 5.74) is 4.36. The highest BCUT2D eigenvalue weighted by atomic mass is 16.2. The Morgan fingerprint density at radius 3 is 2.65 bits per heavy atom. The fourth-order valence-electron chi connectivity index (χ4n) is 3.23. The third-order valence-corrected chi connectivity index (χ3v) is 4.64. The van der Waals surface area contributed by atoms with Crippen molar-refractivity contribution in [3.63, 3.8) is 0 Å². The Labute approximate surface area is 151 Å². The monoisotopic (exact) mass is 348 g/mol. The Morgan fingerprint density at radius 2 is 1.81 bits per heavy atom. The average Bonchev–Trinajstić information content (AvgIpc) is 2.82. The van der Waals surface area contributed by atoms with E-state index >= 15 is 0 Å². The molecule has 0 aromatic heterocycles. The highest BCUT2D eigenvalue weighted by Crippen LogP contribution is 2.31. The van der Waals surface area contributed by atoms with Gasteiger partial charge in [0.2, 0.25) is 5.91 Å². The molecule has 0 atom stereocenters. The lowest BCUT2D eigenvalue weighted by Gasteiger charge is -2.22. The first-order valence-corrected chi connectivity index (χ1v) is 8.70. The van der Waals surface area contributed by atoms with Crippen LogP contribution in [-0.4, -0.2) is 31.4 Å². The molecule has 4 rings (SSSR count). The lowest BCUT2D eigenvalue weighted by molar-refractivity contribution is -0.120. The second-order valence-corrected chi connectivity index (χ2v) is 6.34. The van der Waals surface area contributed by atoms with Crippen LogP contribution in [0.25, 0.3) is 5.57 Å². The summed E-state index contributed by atoms with van der Waals surface area (Å²) in [6.45, 7) is 2.19. The topological polar surface area (TPSA) is 73.5 Å². The highest BCUT2D eigenvalue weighted by molar-refractivity contribution is 6.31. The van der Waals surface area contributed by atoms with Gasteiger partial charge in [-0.2, -0.15) is 0 Å². The molecule has 3 N–H and O–H groups in total. The minimum absolute atomic E-state index is 0.0999. The summed E-state index contributed by atoms with van der Waals surface area (Å²) in [7, 11) is 0. The van der Waals surface area contributed by atoms with Crippen LogP contribution in [0, 0.1) is 0 Å². The highest BCUT2D eigenvalue weighted by Gasteiger charge is 2.23. The summed E-state index contributed by atoms with van der Waals surface area (Å²) in [5.74, 6) is 0.00425. The van der Waals surface area contributed by atoms with E-state index in [0.29, 0.717) is 18.5 Å². The van der Waals surface area contributed by atoms with E-state index in [1.807, 2.05) is 48.5 Å². The number of nitrogens with zero attached hydrogens (tertiary/aromatic N) is 1. The van der Waals surface area contributed by atoms with Gasteiger partial charge in [0.05, 0.1) is 5.57 Å². The molecule has 2 aromatic rings. The van der Waals surface area contributed by atoms with Crippen molar-refractivity contribution in [3.8, 4) is 0 Å². The molecule has 0 saturated carbocycles. The van der Waals surface area contributed by atoms with Crippen LogP contribution in [0.4, 0.5) is 17.1 Å². The number of nitrogens with one attached hydrogen (secondary N) is 3.